The number of rotatable bonds is 14. The standard InChI is InChI=1S/C38H42ClN3O5S/c1-3-47-34-20-22-35(23-21-34)48(45,46)42(33-18-16-28(2)17-19-33)27-37(43)41(26-30-12-9-13-31(39)24-30)36(25-29-10-5-4-6-11-29)38(44)40-32-14-7-8-15-32/h4-6,9-13,16-24,32,36H,3,7-8,14-15,25-27H2,1-2H3,(H,40,44). The molecule has 1 aliphatic carbocycles. The van der Waals surface area contributed by atoms with Gasteiger partial charge in [0.2, 0.25) is 11.8 Å². The lowest BCUT2D eigenvalue weighted by Crippen LogP contribution is -2.54. The number of nitrogens with one attached hydrogen (secondary N) is 1. The maximum absolute atomic E-state index is 14.7. The Bertz CT molecular complexity index is 1780. The van der Waals surface area contributed by atoms with Gasteiger partial charge in [-0.05, 0) is 86.3 Å². The van der Waals surface area contributed by atoms with E-state index in [0.29, 0.717) is 23.1 Å². The van der Waals surface area contributed by atoms with E-state index in [1.807, 2.05) is 50.2 Å². The molecule has 0 aromatic heterocycles. The Kier molecular flexibility index (Phi) is 11.8. The van der Waals surface area contributed by atoms with E-state index >= 15 is 0 Å². The van der Waals surface area contributed by atoms with Gasteiger partial charge in [-0.1, -0.05) is 84.6 Å². The molecule has 48 heavy (non-hydrogen) atoms. The monoisotopic (exact) mass is 687 g/mol. The van der Waals surface area contributed by atoms with Crippen LogP contribution in [0.2, 0.25) is 5.02 Å². The van der Waals surface area contributed by atoms with E-state index < -0.39 is 28.5 Å². The van der Waals surface area contributed by atoms with E-state index in [0.717, 1.165) is 46.7 Å². The maximum Gasteiger partial charge on any atom is 0.264 e. The van der Waals surface area contributed by atoms with Crippen molar-refractivity contribution in [2.24, 2.45) is 0 Å². The number of hydrogen-bond acceptors (Lipinski definition) is 5. The van der Waals surface area contributed by atoms with Gasteiger partial charge in [-0.3, -0.25) is 13.9 Å². The summed E-state index contributed by atoms with van der Waals surface area (Å²) in [5.74, 6) is -0.246. The summed E-state index contributed by atoms with van der Waals surface area (Å²) in [5, 5.41) is 3.69. The Morgan fingerprint density at radius 1 is 0.896 bits per heavy atom. The number of hydrogen-bond donors (Lipinski definition) is 1. The number of amides is 2. The normalized spacial score (nSPS) is 13.9. The van der Waals surface area contributed by atoms with Crippen LogP contribution in [-0.4, -0.2) is 50.4 Å². The second-order valence-corrected chi connectivity index (χ2v) is 14.4. The molecule has 5 rings (SSSR count). The van der Waals surface area contributed by atoms with Crippen LogP contribution in [0, 0.1) is 6.92 Å². The Morgan fingerprint density at radius 3 is 2.21 bits per heavy atom. The maximum atomic E-state index is 14.7. The minimum Gasteiger partial charge on any atom is -0.494 e. The number of carbonyl (C=O) groups is 2. The molecule has 0 radical (unpaired) electrons. The largest absolute Gasteiger partial charge is 0.494 e. The van der Waals surface area contributed by atoms with Crippen LogP contribution in [-0.2, 0) is 32.6 Å². The molecule has 0 spiro atoms. The molecule has 0 saturated heterocycles. The molecule has 252 valence electrons. The Balaban J connectivity index is 1.55. The molecule has 10 heteroatoms. The molecule has 0 bridgehead atoms. The minimum atomic E-state index is -4.22. The third kappa shape index (κ3) is 8.96. The molecule has 1 saturated carbocycles. The predicted octanol–water partition coefficient (Wildman–Crippen LogP) is 6.94. The van der Waals surface area contributed by atoms with Crippen LogP contribution in [0.3, 0.4) is 0 Å². The van der Waals surface area contributed by atoms with E-state index in [4.69, 9.17) is 16.3 Å². The van der Waals surface area contributed by atoms with Crippen molar-refractivity contribution >= 4 is 39.1 Å². The van der Waals surface area contributed by atoms with Gasteiger partial charge in [-0.25, -0.2) is 8.42 Å². The molecule has 4 aromatic carbocycles. The fourth-order valence-corrected chi connectivity index (χ4v) is 7.62. The predicted molar refractivity (Wildman–Crippen MR) is 190 cm³/mol. The number of halogens is 1. The third-order valence-corrected chi connectivity index (χ3v) is 10.6. The third-order valence-electron chi connectivity index (χ3n) is 8.54. The molecular formula is C38H42ClN3O5S. The van der Waals surface area contributed by atoms with Crippen molar-refractivity contribution in [1.82, 2.24) is 10.2 Å². The lowest BCUT2D eigenvalue weighted by Gasteiger charge is -2.34. The second-order valence-electron chi connectivity index (χ2n) is 12.1. The molecule has 8 nitrogen and oxygen atoms in total. The summed E-state index contributed by atoms with van der Waals surface area (Å²) >= 11 is 6.35. The van der Waals surface area contributed by atoms with E-state index in [1.54, 1.807) is 54.6 Å². The van der Waals surface area contributed by atoms with Crippen LogP contribution in [0.5, 0.6) is 5.75 Å². The molecule has 0 heterocycles. The van der Waals surface area contributed by atoms with Crippen molar-refractivity contribution in [2.75, 3.05) is 17.5 Å². The van der Waals surface area contributed by atoms with Crippen molar-refractivity contribution in [3.05, 3.63) is 125 Å². The second kappa shape index (κ2) is 16.2. The highest BCUT2D eigenvalue weighted by molar-refractivity contribution is 7.92. The Labute approximate surface area is 288 Å². The highest BCUT2D eigenvalue weighted by atomic mass is 35.5. The molecule has 1 fully saturated rings. The molecular weight excluding hydrogens is 646 g/mol. The van der Waals surface area contributed by atoms with Crippen LogP contribution in [0.4, 0.5) is 5.69 Å². The van der Waals surface area contributed by atoms with Gasteiger partial charge in [0.25, 0.3) is 10.0 Å². The Hall–Kier alpha value is -4.34. The zero-order valence-electron chi connectivity index (χ0n) is 27.3. The van der Waals surface area contributed by atoms with Crippen LogP contribution >= 0.6 is 11.6 Å². The lowest BCUT2D eigenvalue weighted by molar-refractivity contribution is -0.140. The number of anilines is 1. The number of carbonyl (C=O) groups excluding carboxylic acids is 2. The van der Waals surface area contributed by atoms with E-state index in [1.165, 1.54) is 17.0 Å². The molecule has 0 aliphatic heterocycles. The summed E-state index contributed by atoms with van der Waals surface area (Å²) in [6, 6.07) is 28.9. The zero-order chi connectivity index (χ0) is 34.1. The zero-order valence-corrected chi connectivity index (χ0v) is 28.9. The van der Waals surface area contributed by atoms with Gasteiger partial charge in [-0.2, -0.15) is 0 Å². The summed E-state index contributed by atoms with van der Waals surface area (Å²) in [5.41, 5.74) is 2.88. The highest BCUT2D eigenvalue weighted by Crippen LogP contribution is 2.27. The summed E-state index contributed by atoms with van der Waals surface area (Å²) in [6.45, 7) is 3.73. The first-order chi connectivity index (χ1) is 23.1. The van der Waals surface area contributed by atoms with Gasteiger partial charge in [-0.15, -0.1) is 0 Å². The molecule has 1 atom stereocenters. The van der Waals surface area contributed by atoms with E-state index in [9.17, 15) is 18.0 Å². The average Bonchev–Trinajstić information content (AvgIpc) is 3.59. The summed E-state index contributed by atoms with van der Waals surface area (Å²) in [7, 11) is -4.22. The summed E-state index contributed by atoms with van der Waals surface area (Å²) in [4.78, 5) is 30.3. The van der Waals surface area contributed by atoms with Crippen LogP contribution < -0.4 is 14.4 Å². The topological polar surface area (TPSA) is 96.0 Å². The van der Waals surface area contributed by atoms with Crippen molar-refractivity contribution in [2.45, 2.75) is 69.5 Å². The van der Waals surface area contributed by atoms with Gasteiger partial charge in [0, 0.05) is 24.0 Å². The highest BCUT2D eigenvalue weighted by Gasteiger charge is 2.35. The summed E-state index contributed by atoms with van der Waals surface area (Å²) in [6.07, 6.45) is 4.09. The first kappa shape index (κ1) is 35.0. The van der Waals surface area contributed by atoms with Gasteiger partial charge >= 0.3 is 0 Å². The van der Waals surface area contributed by atoms with Crippen molar-refractivity contribution in [3.8, 4) is 5.75 Å². The number of aryl methyl sites for hydroxylation is 1. The fraction of sp³-hybridized carbons (Fsp3) is 0.316. The molecule has 4 aromatic rings. The fourth-order valence-electron chi connectivity index (χ4n) is 5.99. The van der Waals surface area contributed by atoms with Crippen LogP contribution in [0.1, 0.15) is 49.3 Å². The number of ether oxygens (including phenoxy) is 1. The van der Waals surface area contributed by atoms with Crippen molar-refractivity contribution < 1.29 is 22.7 Å². The lowest BCUT2D eigenvalue weighted by atomic mass is 10.0. The number of benzene rings is 4. The van der Waals surface area contributed by atoms with Crippen molar-refractivity contribution in [1.29, 1.82) is 0 Å². The average molecular weight is 688 g/mol. The first-order valence-electron chi connectivity index (χ1n) is 16.3. The molecule has 1 unspecified atom stereocenters. The first-order valence-corrected chi connectivity index (χ1v) is 18.2. The molecule has 1 N–H and O–H groups in total. The molecule has 2 amide bonds. The Morgan fingerprint density at radius 2 is 1.56 bits per heavy atom. The van der Waals surface area contributed by atoms with Gasteiger partial charge in [0.05, 0.1) is 17.2 Å². The minimum absolute atomic E-state index is 0.0144. The van der Waals surface area contributed by atoms with Crippen molar-refractivity contribution in [3.63, 3.8) is 0 Å². The van der Waals surface area contributed by atoms with Crippen LogP contribution in [0.15, 0.2) is 108 Å². The SMILES string of the molecule is CCOc1ccc(S(=O)(=O)N(CC(=O)N(Cc2cccc(Cl)c2)C(Cc2ccccc2)C(=O)NC2CCCC2)c2ccc(C)cc2)cc1. The summed E-state index contributed by atoms with van der Waals surface area (Å²) < 4.78 is 35.2. The van der Waals surface area contributed by atoms with Gasteiger partial charge in [0.1, 0.15) is 18.3 Å². The van der Waals surface area contributed by atoms with E-state index in [2.05, 4.69) is 5.32 Å². The van der Waals surface area contributed by atoms with Gasteiger partial charge in [0.15, 0.2) is 0 Å². The van der Waals surface area contributed by atoms with Crippen LogP contribution in [0.25, 0.3) is 0 Å². The smallest absolute Gasteiger partial charge is 0.264 e. The van der Waals surface area contributed by atoms with E-state index in [-0.39, 0.29) is 29.8 Å². The van der Waals surface area contributed by atoms with Gasteiger partial charge < -0.3 is 15.0 Å². The quantitative estimate of drug-likeness (QED) is 0.155. The molecule has 1 aliphatic rings. The number of sulfonamides is 1. The number of nitrogens with zero attached hydrogens (tertiary/aromatic N) is 2.